The van der Waals surface area contributed by atoms with Gasteiger partial charge in [0.2, 0.25) is 0 Å². The second-order valence-electron chi connectivity index (χ2n) is 14.4. The molecule has 0 unspecified atom stereocenters. The molecule has 0 bridgehead atoms. The van der Waals surface area contributed by atoms with Crippen LogP contribution in [0.15, 0.2) is 182 Å². The first-order chi connectivity index (χ1) is 28.2. The van der Waals surface area contributed by atoms with Crippen LogP contribution in [0.5, 0.6) is 0 Å². The standard InChI is InChI=1S/C51H30N4S2/c1-3-12-31(13-4-1)36-18-11-19-40-37-16-7-9-20-43(37)55(48(36)40)35-24-25-39-42-29-34(23-27-46(42)57-47(39)30-35)51-53-49(32-14-5-2-6-15-32)52-50(54-51)33-22-26-45-41(28-33)38-17-8-10-21-44(38)56-45/h1-30H. The molecule has 57 heavy (non-hydrogen) atoms. The van der Waals surface area contributed by atoms with Gasteiger partial charge in [0, 0.05) is 79.1 Å². The largest absolute Gasteiger partial charge is 0.309 e. The van der Waals surface area contributed by atoms with Gasteiger partial charge in [-0.2, -0.15) is 0 Å². The molecule has 6 heteroatoms. The van der Waals surface area contributed by atoms with Gasteiger partial charge in [-0.15, -0.1) is 22.7 Å². The fourth-order valence-electron chi connectivity index (χ4n) is 8.40. The Morgan fingerprint density at radius 3 is 1.60 bits per heavy atom. The monoisotopic (exact) mass is 762 g/mol. The molecule has 0 aliphatic rings. The van der Waals surface area contributed by atoms with Crippen LogP contribution >= 0.6 is 22.7 Å². The lowest BCUT2D eigenvalue weighted by atomic mass is 10.0. The molecule has 266 valence electrons. The number of para-hydroxylation sites is 2. The molecule has 0 fully saturated rings. The Morgan fingerprint density at radius 1 is 0.333 bits per heavy atom. The molecule has 0 N–H and O–H groups in total. The third-order valence-corrected chi connectivity index (χ3v) is 13.3. The first-order valence-electron chi connectivity index (χ1n) is 19.0. The minimum absolute atomic E-state index is 0.658. The molecule has 4 nitrogen and oxygen atoms in total. The van der Waals surface area contributed by atoms with E-state index >= 15 is 0 Å². The third-order valence-electron chi connectivity index (χ3n) is 11.1. The molecule has 12 rings (SSSR count). The van der Waals surface area contributed by atoms with Gasteiger partial charge in [0.05, 0.1) is 11.0 Å². The summed E-state index contributed by atoms with van der Waals surface area (Å²) in [7, 11) is 0. The maximum atomic E-state index is 5.16. The second-order valence-corrected chi connectivity index (χ2v) is 16.6. The molecule has 4 aromatic heterocycles. The summed E-state index contributed by atoms with van der Waals surface area (Å²) in [4.78, 5) is 15.3. The Kier molecular flexibility index (Phi) is 7.24. The number of thiophene rings is 2. The topological polar surface area (TPSA) is 43.6 Å². The molecule has 12 aromatic rings. The van der Waals surface area contributed by atoms with Gasteiger partial charge >= 0.3 is 0 Å². The number of hydrogen-bond donors (Lipinski definition) is 0. The van der Waals surface area contributed by atoms with E-state index in [2.05, 4.69) is 168 Å². The molecule has 0 amide bonds. The molecule has 0 aliphatic heterocycles. The molecular weight excluding hydrogens is 733 g/mol. The van der Waals surface area contributed by atoms with Crippen molar-refractivity contribution in [2.45, 2.75) is 0 Å². The van der Waals surface area contributed by atoms with E-state index < -0.39 is 0 Å². The van der Waals surface area contributed by atoms with Crippen LogP contribution in [0.25, 0.3) is 113 Å². The van der Waals surface area contributed by atoms with E-state index in [9.17, 15) is 0 Å². The van der Waals surface area contributed by atoms with E-state index in [1.807, 2.05) is 40.9 Å². The van der Waals surface area contributed by atoms with Crippen LogP contribution in [0.1, 0.15) is 0 Å². The van der Waals surface area contributed by atoms with Gasteiger partial charge in [-0.1, -0.05) is 121 Å². The van der Waals surface area contributed by atoms with Crippen LogP contribution in [0.2, 0.25) is 0 Å². The highest BCUT2D eigenvalue weighted by Gasteiger charge is 2.19. The molecule has 4 heterocycles. The molecule has 0 radical (unpaired) electrons. The van der Waals surface area contributed by atoms with Gasteiger partial charge in [-0.25, -0.2) is 15.0 Å². The first kappa shape index (κ1) is 32.3. The van der Waals surface area contributed by atoms with Gasteiger partial charge in [-0.3, -0.25) is 0 Å². The predicted octanol–water partition coefficient (Wildman–Crippen LogP) is 14.4. The van der Waals surface area contributed by atoms with Crippen LogP contribution in [0.4, 0.5) is 0 Å². The van der Waals surface area contributed by atoms with Crippen LogP contribution < -0.4 is 0 Å². The van der Waals surface area contributed by atoms with Crippen molar-refractivity contribution in [1.29, 1.82) is 0 Å². The zero-order valence-corrected chi connectivity index (χ0v) is 32.1. The highest BCUT2D eigenvalue weighted by Crippen LogP contribution is 2.42. The van der Waals surface area contributed by atoms with E-state index in [-0.39, 0.29) is 0 Å². The van der Waals surface area contributed by atoms with E-state index in [4.69, 9.17) is 15.0 Å². The lowest BCUT2D eigenvalue weighted by Gasteiger charge is -2.12. The molecular formula is C51H30N4S2. The Balaban J connectivity index is 1.01. The highest BCUT2D eigenvalue weighted by atomic mass is 32.1. The van der Waals surface area contributed by atoms with Gasteiger partial charge in [0.1, 0.15) is 0 Å². The minimum atomic E-state index is 0.658. The smallest absolute Gasteiger partial charge is 0.164 e. The summed E-state index contributed by atoms with van der Waals surface area (Å²) in [5.74, 6) is 1.98. The maximum absolute atomic E-state index is 5.16. The summed E-state index contributed by atoms with van der Waals surface area (Å²) < 4.78 is 7.44. The van der Waals surface area contributed by atoms with Crippen LogP contribution in [-0.4, -0.2) is 19.5 Å². The molecule has 0 spiro atoms. The summed E-state index contributed by atoms with van der Waals surface area (Å²) in [5.41, 5.74) is 8.89. The minimum Gasteiger partial charge on any atom is -0.309 e. The van der Waals surface area contributed by atoms with Crippen molar-refractivity contribution < 1.29 is 0 Å². The SMILES string of the molecule is c1ccc(-c2nc(-c3ccc4sc5ccccc5c4c3)nc(-c3ccc4sc5cc(-n6c7ccccc7c7cccc(-c8ccccc8)c76)ccc5c4c3)n2)cc1. The van der Waals surface area contributed by atoms with Crippen molar-refractivity contribution in [3.8, 4) is 51.0 Å². The second kappa shape index (κ2) is 12.8. The lowest BCUT2D eigenvalue weighted by molar-refractivity contribution is 1.08. The maximum Gasteiger partial charge on any atom is 0.164 e. The normalized spacial score (nSPS) is 11.9. The first-order valence-corrected chi connectivity index (χ1v) is 20.6. The number of rotatable bonds is 5. The fraction of sp³-hybridized carbons (Fsp3) is 0. The molecule has 0 saturated heterocycles. The van der Waals surface area contributed by atoms with Gasteiger partial charge in [-0.05, 0) is 66.2 Å². The molecule has 8 aromatic carbocycles. The summed E-state index contributed by atoms with van der Waals surface area (Å²) in [5, 5.41) is 7.39. The van der Waals surface area contributed by atoms with Crippen molar-refractivity contribution in [2.24, 2.45) is 0 Å². The number of nitrogens with zero attached hydrogens (tertiary/aromatic N) is 4. The van der Waals surface area contributed by atoms with Crippen LogP contribution in [0, 0.1) is 0 Å². The molecule has 0 aliphatic carbocycles. The van der Waals surface area contributed by atoms with Crippen molar-refractivity contribution in [1.82, 2.24) is 19.5 Å². The van der Waals surface area contributed by atoms with E-state index in [0.717, 1.165) is 22.4 Å². The van der Waals surface area contributed by atoms with Crippen LogP contribution in [-0.2, 0) is 0 Å². The van der Waals surface area contributed by atoms with E-state index in [1.54, 1.807) is 0 Å². The Morgan fingerprint density at radius 2 is 0.877 bits per heavy atom. The third kappa shape index (κ3) is 5.22. The Labute approximate surface area is 335 Å². The number of fused-ring (bicyclic) bond motifs is 9. The van der Waals surface area contributed by atoms with Crippen molar-refractivity contribution in [2.75, 3.05) is 0 Å². The Hall–Kier alpha value is -6.99. The fourth-order valence-corrected chi connectivity index (χ4v) is 10.6. The summed E-state index contributed by atoms with van der Waals surface area (Å²) >= 11 is 3.64. The summed E-state index contributed by atoms with van der Waals surface area (Å²) in [6, 6.07) is 65.0. The predicted molar refractivity (Wildman–Crippen MR) is 242 cm³/mol. The molecule has 0 saturated carbocycles. The quantitative estimate of drug-likeness (QED) is 0.175. The zero-order chi connectivity index (χ0) is 37.5. The average molecular weight is 763 g/mol. The number of benzene rings is 8. The van der Waals surface area contributed by atoms with E-state index in [1.165, 1.54) is 73.3 Å². The summed E-state index contributed by atoms with van der Waals surface area (Å²) in [6.45, 7) is 0. The molecule has 0 atom stereocenters. The van der Waals surface area contributed by atoms with Gasteiger partial charge in [0.25, 0.3) is 0 Å². The van der Waals surface area contributed by atoms with Gasteiger partial charge < -0.3 is 4.57 Å². The van der Waals surface area contributed by atoms with E-state index in [0.29, 0.717) is 17.5 Å². The highest BCUT2D eigenvalue weighted by molar-refractivity contribution is 7.26. The number of aromatic nitrogens is 4. The number of hydrogen-bond acceptors (Lipinski definition) is 5. The lowest BCUT2D eigenvalue weighted by Crippen LogP contribution is -2.00. The van der Waals surface area contributed by atoms with Crippen molar-refractivity contribution in [3.63, 3.8) is 0 Å². The van der Waals surface area contributed by atoms with Crippen LogP contribution in [0.3, 0.4) is 0 Å². The summed E-state index contributed by atoms with van der Waals surface area (Å²) in [6.07, 6.45) is 0. The zero-order valence-electron chi connectivity index (χ0n) is 30.4. The van der Waals surface area contributed by atoms with Crippen molar-refractivity contribution >= 4 is 84.8 Å². The Bertz CT molecular complexity index is 3530. The average Bonchev–Trinajstić information content (AvgIpc) is 3.95. The van der Waals surface area contributed by atoms with Crippen molar-refractivity contribution in [3.05, 3.63) is 182 Å². The van der Waals surface area contributed by atoms with Gasteiger partial charge in [0.15, 0.2) is 17.5 Å².